The molecule has 1 N–H and O–H groups in total. The SMILES string of the molecule is CC(C)(C)C1CC(=O)NN=C1c1ccccc1. The number of hydrogen-bond donors (Lipinski definition) is 1. The monoisotopic (exact) mass is 230 g/mol. The van der Waals surface area contributed by atoms with Crippen molar-refractivity contribution in [2.45, 2.75) is 27.2 Å². The van der Waals surface area contributed by atoms with Crippen LogP contribution < -0.4 is 5.43 Å². The fraction of sp³-hybridized carbons (Fsp3) is 0.429. The van der Waals surface area contributed by atoms with Gasteiger partial charge in [0.15, 0.2) is 0 Å². The summed E-state index contributed by atoms with van der Waals surface area (Å²) < 4.78 is 0. The van der Waals surface area contributed by atoms with E-state index in [1.165, 1.54) is 0 Å². The van der Waals surface area contributed by atoms with Crippen LogP contribution in [-0.4, -0.2) is 11.6 Å². The Hall–Kier alpha value is -1.64. The molecule has 1 aromatic carbocycles. The number of hydrazone groups is 1. The maximum atomic E-state index is 11.5. The molecule has 0 saturated heterocycles. The van der Waals surface area contributed by atoms with Gasteiger partial charge in [-0.1, -0.05) is 51.1 Å². The smallest absolute Gasteiger partial charge is 0.240 e. The molecule has 1 amide bonds. The van der Waals surface area contributed by atoms with Crippen LogP contribution in [0.4, 0.5) is 0 Å². The first-order chi connectivity index (χ1) is 7.98. The highest BCUT2D eigenvalue weighted by molar-refractivity contribution is 6.06. The molecule has 1 aliphatic heterocycles. The summed E-state index contributed by atoms with van der Waals surface area (Å²) in [7, 11) is 0. The topological polar surface area (TPSA) is 41.5 Å². The number of benzene rings is 1. The molecule has 0 spiro atoms. The van der Waals surface area contributed by atoms with Crippen LogP contribution in [-0.2, 0) is 4.79 Å². The van der Waals surface area contributed by atoms with Gasteiger partial charge in [0.2, 0.25) is 5.91 Å². The second kappa shape index (κ2) is 4.32. The number of carbonyl (C=O) groups excluding carboxylic acids is 1. The molecule has 0 radical (unpaired) electrons. The molecule has 1 unspecified atom stereocenters. The fourth-order valence-electron chi connectivity index (χ4n) is 2.12. The van der Waals surface area contributed by atoms with Gasteiger partial charge in [-0.2, -0.15) is 5.10 Å². The zero-order valence-corrected chi connectivity index (χ0v) is 10.5. The van der Waals surface area contributed by atoms with E-state index in [4.69, 9.17) is 0 Å². The van der Waals surface area contributed by atoms with Crippen LogP contribution in [0.5, 0.6) is 0 Å². The molecule has 1 heterocycles. The molecular weight excluding hydrogens is 212 g/mol. The quantitative estimate of drug-likeness (QED) is 0.791. The molecule has 1 atom stereocenters. The Morgan fingerprint density at radius 2 is 1.88 bits per heavy atom. The van der Waals surface area contributed by atoms with Crippen molar-refractivity contribution in [2.24, 2.45) is 16.4 Å². The number of amides is 1. The molecule has 2 rings (SSSR count). The lowest BCUT2D eigenvalue weighted by molar-refractivity contribution is -0.122. The van der Waals surface area contributed by atoms with Crippen LogP contribution in [0.25, 0.3) is 0 Å². The summed E-state index contributed by atoms with van der Waals surface area (Å²) in [6, 6.07) is 10.0. The van der Waals surface area contributed by atoms with Crippen molar-refractivity contribution < 1.29 is 4.79 Å². The van der Waals surface area contributed by atoms with Gasteiger partial charge in [-0.15, -0.1) is 0 Å². The van der Waals surface area contributed by atoms with Crippen LogP contribution in [0.3, 0.4) is 0 Å². The highest BCUT2D eigenvalue weighted by Gasteiger charge is 2.34. The van der Waals surface area contributed by atoms with E-state index in [0.717, 1.165) is 11.3 Å². The first kappa shape index (κ1) is 11.8. The van der Waals surface area contributed by atoms with Gasteiger partial charge in [-0.05, 0) is 11.0 Å². The highest BCUT2D eigenvalue weighted by atomic mass is 16.2. The predicted molar refractivity (Wildman–Crippen MR) is 68.7 cm³/mol. The van der Waals surface area contributed by atoms with Gasteiger partial charge >= 0.3 is 0 Å². The van der Waals surface area contributed by atoms with Crippen molar-refractivity contribution in [1.29, 1.82) is 0 Å². The van der Waals surface area contributed by atoms with Crippen molar-refractivity contribution in [2.75, 3.05) is 0 Å². The van der Waals surface area contributed by atoms with Gasteiger partial charge in [0.1, 0.15) is 0 Å². The van der Waals surface area contributed by atoms with Crippen LogP contribution in [0, 0.1) is 11.3 Å². The molecule has 3 heteroatoms. The van der Waals surface area contributed by atoms with E-state index in [1.807, 2.05) is 30.3 Å². The van der Waals surface area contributed by atoms with Gasteiger partial charge in [0, 0.05) is 12.3 Å². The van der Waals surface area contributed by atoms with Crippen LogP contribution in [0.1, 0.15) is 32.8 Å². The zero-order chi connectivity index (χ0) is 12.5. The first-order valence-electron chi connectivity index (χ1n) is 5.90. The minimum absolute atomic E-state index is 0.00426. The second-order valence-corrected chi connectivity index (χ2v) is 5.52. The molecule has 3 nitrogen and oxygen atoms in total. The minimum atomic E-state index is 0.00426. The van der Waals surface area contributed by atoms with Crippen LogP contribution >= 0.6 is 0 Å². The third-order valence-corrected chi connectivity index (χ3v) is 3.14. The summed E-state index contributed by atoms with van der Waals surface area (Å²) in [6.45, 7) is 6.44. The molecule has 90 valence electrons. The molecule has 1 aromatic rings. The van der Waals surface area contributed by atoms with Gasteiger partial charge in [-0.25, -0.2) is 5.43 Å². The summed E-state index contributed by atoms with van der Waals surface area (Å²) in [4.78, 5) is 11.5. The summed E-state index contributed by atoms with van der Waals surface area (Å²) in [5.74, 6) is 0.170. The third-order valence-electron chi connectivity index (χ3n) is 3.14. The molecule has 0 saturated carbocycles. The maximum absolute atomic E-state index is 11.5. The number of carbonyl (C=O) groups is 1. The van der Waals surface area contributed by atoms with E-state index < -0.39 is 0 Å². The molecule has 17 heavy (non-hydrogen) atoms. The molecule has 0 bridgehead atoms. The largest absolute Gasteiger partial charge is 0.273 e. The Morgan fingerprint density at radius 1 is 1.24 bits per heavy atom. The van der Waals surface area contributed by atoms with Crippen molar-refractivity contribution in [1.82, 2.24) is 5.43 Å². The second-order valence-electron chi connectivity index (χ2n) is 5.52. The predicted octanol–water partition coefficient (Wildman–Crippen LogP) is 2.57. The highest BCUT2D eigenvalue weighted by Crippen LogP contribution is 2.33. The van der Waals surface area contributed by atoms with Crippen molar-refractivity contribution in [3.05, 3.63) is 35.9 Å². The maximum Gasteiger partial charge on any atom is 0.240 e. The average Bonchev–Trinajstić information content (AvgIpc) is 2.29. The molecule has 0 aliphatic carbocycles. The standard InChI is InChI=1S/C14H18N2O/c1-14(2,3)11-9-12(17)15-16-13(11)10-7-5-4-6-8-10/h4-8,11H,9H2,1-3H3,(H,15,17). The van der Waals surface area contributed by atoms with E-state index in [1.54, 1.807) is 0 Å². The Kier molecular flexibility index (Phi) is 3.01. The van der Waals surface area contributed by atoms with E-state index in [2.05, 4.69) is 31.3 Å². The lowest BCUT2D eigenvalue weighted by Gasteiger charge is -2.33. The Labute approximate surface area is 102 Å². The summed E-state index contributed by atoms with van der Waals surface area (Å²) in [5.41, 5.74) is 4.69. The van der Waals surface area contributed by atoms with Crippen molar-refractivity contribution in [3.63, 3.8) is 0 Å². The van der Waals surface area contributed by atoms with Gasteiger partial charge < -0.3 is 0 Å². The van der Waals surface area contributed by atoms with Crippen molar-refractivity contribution >= 4 is 11.6 Å². The minimum Gasteiger partial charge on any atom is -0.273 e. The zero-order valence-electron chi connectivity index (χ0n) is 10.5. The van der Waals surface area contributed by atoms with Crippen molar-refractivity contribution in [3.8, 4) is 0 Å². The van der Waals surface area contributed by atoms with Crippen LogP contribution in [0.2, 0.25) is 0 Å². The molecule has 0 fully saturated rings. The Balaban J connectivity index is 2.40. The van der Waals surface area contributed by atoms with E-state index in [-0.39, 0.29) is 17.2 Å². The molecule has 1 aliphatic rings. The van der Waals surface area contributed by atoms with E-state index in [9.17, 15) is 4.79 Å². The summed E-state index contributed by atoms with van der Waals surface area (Å²) in [6.07, 6.45) is 0.511. The first-order valence-corrected chi connectivity index (χ1v) is 5.90. The van der Waals surface area contributed by atoms with E-state index in [0.29, 0.717) is 6.42 Å². The van der Waals surface area contributed by atoms with Gasteiger partial charge in [0.05, 0.1) is 5.71 Å². The lowest BCUT2D eigenvalue weighted by Crippen LogP contribution is -2.39. The van der Waals surface area contributed by atoms with Crippen LogP contribution in [0.15, 0.2) is 35.4 Å². The number of nitrogens with one attached hydrogen (secondary N) is 1. The number of hydrogen-bond acceptors (Lipinski definition) is 2. The molecule has 0 aromatic heterocycles. The third kappa shape index (κ3) is 2.54. The summed E-state index contributed by atoms with van der Waals surface area (Å²) in [5, 5.41) is 4.25. The normalized spacial score (nSPS) is 20.8. The molecular formula is C14H18N2O. The fourth-order valence-corrected chi connectivity index (χ4v) is 2.12. The average molecular weight is 230 g/mol. The number of rotatable bonds is 1. The Bertz CT molecular complexity index is 443. The van der Waals surface area contributed by atoms with E-state index >= 15 is 0 Å². The summed E-state index contributed by atoms with van der Waals surface area (Å²) >= 11 is 0. The lowest BCUT2D eigenvalue weighted by atomic mass is 9.73. The van der Waals surface area contributed by atoms with Gasteiger partial charge in [-0.3, -0.25) is 4.79 Å². The Morgan fingerprint density at radius 3 is 2.47 bits per heavy atom. The van der Waals surface area contributed by atoms with Gasteiger partial charge in [0.25, 0.3) is 0 Å². The number of nitrogens with zero attached hydrogens (tertiary/aromatic N) is 1.